The molecule has 0 bridgehead atoms. The van der Waals surface area contributed by atoms with Crippen LogP contribution in [-0.4, -0.2) is 18.8 Å². The van der Waals surface area contributed by atoms with Gasteiger partial charge in [0.15, 0.2) is 17.3 Å². The van der Waals surface area contributed by atoms with E-state index in [0.29, 0.717) is 34.9 Å². The number of Topliss-reactive ketones (excluding diaryl/α,β-unsaturated/α-hetero) is 1. The number of rotatable bonds is 7. The van der Waals surface area contributed by atoms with Gasteiger partial charge in [-0.1, -0.05) is 42.5 Å². The number of benzene rings is 3. The third kappa shape index (κ3) is 4.76. The van der Waals surface area contributed by atoms with Crippen molar-refractivity contribution in [3.63, 3.8) is 0 Å². The first-order chi connectivity index (χ1) is 13.6. The first-order valence-corrected chi connectivity index (χ1v) is 8.84. The Balaban J connectivity index is 1.72. The van der Waals surface area contributed by atoms with Gasteiger partial charge in [0.2, 0.25) is 0 Å². The van der Waals surface area contributed by atoms with Crippen molar-refractivity contribution in [3.05, 3.63) is 89.5 Å². The fourth-order valence-electron chi connectivity index (χ4n) is 2.68. The largest absolute Gasteiger partial charge is 0.493 e. The van der Waals surface area contributed by atoms with E-state index in [1.165, 1.54) is 14.0 Å². The number of ether oxygens (including phenoxy) is 2. The Hall–Kier alpha value is -3.60. The maximum atomic E-state index is 12.6. The minimum atomic E-state index is -0.298. The van der Waals surface area contributed by atoms with Crippen molar-refractivity contribution in [1.29, 1.82) is 0 Å². The number of amides is 1. The van der Waals surface area contributed by atoms with E-state index in [9.17, 15) is 9.59 Å². The Morgan fingerprint density at radius 2 is 1.64 bits per heavy atom. The molecule has 0 unspecified atom stereocenters. The molecule has 0 saturated heterocycles. The molecule has 0 spiro atoms. The van der Waals surface area contributed by atoms with Crippen LogP contribution in [0.2, 0.25) is 0 Å². The Morgan fingerprint density at radius 3 is 2.36 bits per heavy atom. The zero-order chi connectivity index (χ0) is 19.9. The fourth-order valence-corrected chi connectivity index (χ4v) is 2.68. The van der Waals surface area contributed by atoms with Crippen molar-refractivity contribution < 1.29 is 19.1 Å². The number of nitrogens with one attached hydrogen (secondary N) is 1. The number of carbonyl (C=O) groups is 2. The van der Waals surface area contributed by atoms with Gasteiger partial charge in [-0.3, -0.25) is 9.59 Å². The summed E-state index contributed by atoms with van der Waals surface area (Å²) in [5.74, 6) is 0.675. The SMILES string of the molecule is COc1cc(C(=O)Nc2cccc(C(C)=O)c2)ccc1OCc1ccccc1. The van der Waals surface area contributed by atoms with Crippen molar-refractivity contribution >= 4 is 17.4 Å². The van der Waals surface area contributed by atoms with Crippen LogP contribution in [0, 0.1) is 0 Å². The molecule has 0 radical (unpaired) electrons. The van der Waals surface area contributed by atoms with Gasteiger partial charge in [-0.25, -0.2) is 0 Å². The highest BCUT2D eigenvalue weighted by molar-refractivity contribution is 6.05. The highest BCUT2D eigenvalue weighted by Gasteiger charge is 2.12. The van der Waals surface area contributed by atoms with E-state index in [-0.39, 0.29) is 11.7 Å². The van der Waals surface area contributed by atoms with Crippen molar-refractivity contribution in [2.75, 3.05) is 12.4 Å². The van der Waals surface area contributed by atoms with E-state index in [4.69, 9.17) is 9.47 Å². The summed E-state index contributed by atoms with van der Waals surface area (Å²) in [5, 5.41) is 2.79. The van der Waals surface area contributed by atoms with Gasteiger partial charge in [0.1, 0.15) is 6.61 Å². The predicted octanol–water partition coefficient (Wildman–Crippen LogP) is 4.73. The van der Waals surface area contributed by atoms with Crippen molar-refractivity contribution in [3.8, 4) is 11.5 Å². The number of carbonyl (C=O) groups excluding carboxylic acids is 2. The van der Waals surface area contributed by atoms with Gasteiger partial charge in [0, 0.05) is 16.8 Å². The molecule has 3 aromatic carbocycles. The maximum Gasteiger partial charge on any atom is 0.255 e. The molecule has 0 saturated carbocycles. The molecule has 142 valence electrons. The van der Waals surface area contributed by atoms with Gasteiger partial charge < -0.3 is 14.8 Å². The van der Waals surface area contributed by atoms with Crippen molar-refractivity contribution in [1.82, 2.24) is 0 Å². The second kappa shape index (κ2) is 8.86. The molecule has 0 aliphatic rings. The number of hydrogen-bond acceptors (Lipinski definition) is 4. The average molecular weight is 375 g/mol. The topological polar surface area (TPSA) is 64.6 Å². The van der Waals surface area contributed by atoms with E-state index >= 15 is 0 Å². The van der Waals surface area contributed by atoms with Crippen LogP contribution in [-0.2, 0) is 6.61 Å². The lowest BCUT2D eigenvalue weighted by molar-refractivity contribution is 0.101. The molecule has 0 aromatic heterocycles. The molecule has 28 heavy (non-hydrogen) atoms. The predicted molar refractivity (Wildman–Crippen MR) is 108 cm³/mol. The van der Waals surface area contributed by atoms with Crippen LogP contribution in [0.1, 0.15) is 33.2 Å². The number of anilines is 1. The molecule has 0 atom stereocenters. The Morgan fingerprint density at radius 1 is 0.857 bits per heavy atom. The van der Waals surface area contributed by atoms with Gasteiger partial charge in [-0.05, 0) is 42.8 Å². The normalized spacial score (nSPS) is 10.2. The third-order valence-electron chi connectivity index (χ3n) is 4.19. The van der Waals surface area contributed by atoms with Crippen LogP contribution >= 0.6 is 0 Å². The summed E-state index contributed by atoms with van der Waals surface area (Å²) in [7, 11) is 1.53. The summed E-state index contributed by atoms with van der Waals surface area (Å²) in [4.78, 5) is 24.1. The van der Waals surface area contributed by atoms with Crippen LogP contribution in [0.4, 0.5) is 5.69 Å². The summed E-state index contributed by atoms with van der Waals surface area (Å²) >= 11 is 0. The molecule has 3 aromatic rings. The Kier molecular flexibility index (Phi) is 6.07. The molecular weight excluding hydrogens is 354 g/mol. The molecule has 3 rings (SSSR count). The van der Waals surface area contributed by atoms with Gasteiger partial charge in [-0.15, -0.1) is 0 Å². The van der Waals surface area contributed by atoms with E-state index < -0.39 is 0 Å². The van der Waals surface area contributed by atoms with Crippen LogP contribution in [0.3, 0.4) is 0 Å². The molecule has 1 N–H and O–H groups in total. The fraction of sp³-hybridized carbons (Fsp3) is 0.130. The van der Waals surface area contributed by atoms with E-state index in [0.717, 1.165) is 5.56 Å². The summed E-state index contributed by atoms with van der Waals surface area (Å²) in [6.07, 6.45) is 0. The average Bonchev–Trinajstić information content (AvgIpc) is 2.73. The first-order valence-electron chi connectivity index (χ1n) is 8.84. The Labute approximate surface area is 163 Å². The highest BCUT2D eigenvalue weighted by atomic mass is 16.5. The van der Waals surface area contributed by atoms with Crippen LogP contribution in [0.15, 0.2) is 72.8 Å². The van der Waals surface area contributed by atoms with Crippen molar-refractivity contribution in [2.24, 2.45) is 0 Å². The van der Waals surface area contributed by atoms with E-state index in [1.54, 1.807) is 42.5 Å². The number of hydrogen-bond donors (Lipinski definition) is 1. The molecule has 0 aliphatic heterocycles. The standard InChI is InChI=1S/C23H21NO4/c1-16(25)18-9-6-10-20(13-18)24-23(26)19-11-12-21(22(14-19)27-2)28-15-17-7-4-3-5-8-17/h3-14H,15H2,1-2H3,(H,24,26). The van der Waals surface area contributed by atoms with Crippen LogP contribution in [0.5, 0.6) is 11.5 Å². The summed E-state index contributed by atoms with van der Waals surface area (Å²) in [6.45, 7) is 1.89. The summed E-state index contributed by atoms with van der Waals surface area (Å²) < 4.78 is 11.2. The first kappa shape index (κ1) is 19.2. The molecule has 5 nitrogen and oxygen atoms in total. The van der Waals surface area contributed by atoms with E-state index in [1.807, 2.05) is 30.3 Å². The second-order valence-electron chi connectivity index (χ2n) is 6.23. The molecule has 5 heteroatoms. The number of ketones is 1. The quantitative estimate of drug-likeness (QED) is 0.607. The van der Waals surface area contributed by atoms with Gasteiger partial charge in [-0.2, -0.15) is 0 Å². The van der Waals surface area contributed by atoms with Crippen molar-refractivity contribution in [2.45, 2.75) is 13.5 Å². The zero-order valence-corrected chi connectivity index (χ0v) is 15.8. The maximum absolute atomic E-state index is 12.6. The summed E-state index contributed by atoms with van der Waals surface area (Å²) in [6, 6.07) is 21.6. The van der Waals surface area contributed by atoms with Gasteiger partial charge >= 0.3 is 0 Å². The lowest BCUT2D eigenvalue weighted by Gasteiger charge is -2.13. The molecular formula is C23H21NO4. The highest BCUT2D eigenvalue weighted by Crippen LogP contribution is 2.29. The monoisotopic (exact) mass is 375 g/mol. The lowest BCUT2D eigenvalue weighted by atomic mass is 10.1. The lowest BCUT2D eigenvalue weighted by Crippen LogP contribution is -2.12. The van der Waals surface area contributed by atoms with Gasteiger partial charge in [0.05, 0.1) is 7.11 Å². The third-order valence-corrected chi connectivity index (χ3v) is 4.19. The van der Waals surface area contributed by atoms with Crippen LogP contribution < -0.4 is 14.8 Å². The van der Waals surface area contributed by atoms with Crippen LogP contribution in [0.25, 0.3) is 0 Å². The second-order valence-corrected chi connectivity index (χ2v) is 6.23. The summed E-state index contributed by atoms with van der Waals surface area (Å²) in [5.41, 5.74) is 2.56. The zero-order valence-electron chi connectivity index (χ0n) is 15.8. The molecule has 1 amide bonds. The molecule has 0 aliphatic carbocycles. The molecule has 0 fully saturated rings. The molecule has 0 heterocycles. The minimum absolute atomic E-state index is 0.0577. The minimum Gasteiger partial charge on any atom is -0.493 e. The smallest absolute Gasteiger partial charge is 0.255 e. The Bertz CT molecular complexity index is 983. The van der Waals surface area contributed by atoms with Gasteiger partial charge in [0.25, 0.3) is 5.91 Å². The number of methoxy groups -OCH3 is 1. The van der Waals surface area contributed by atoms with E-state index in [2.05, 4.69) is 5.32 Å².